The quantitative estimate of drug-likeness (QED) is 0.342. The number of nitrogens with one attached hydrogen (secondary N) is 3. The number of sulfonamides is 1. The van der Waals surface area contributed by atoms with Gasteiger partial charge < -0.3 is 10.6 Å². The zero-order valence-corrected chi connectivity index (χ0v) is 21.0. The summed E-state index contributed by atoms with van der Waals surface area (Å²) in [4.78, 5) is 24.4. The molecule has 0 spiro atoms. The molecule has 0 aliphatic heterocycles. The van der Waals surface area contributed by atoms with Crippen LogP contribution in [0.3, 0.4) is 0 Å². The van der Waals surface area contributed by atoms with Crippen molar-refractivity contribution in [2.24, 2.45) is 0 Å². The molecule has 0 bridgehead atoms. The maximum absolute atomic E-state index is 12.2. The number of carbonyl (C=O) groups is 2. The Morgan fingerprint density at radius 3 is 2.48 bits per heavy atom. The van der Waals surface area contributed by atoms with E-state index in [4.69, 9.17) is 11.6 Å². The largest absolute Gasteiger partial charge is 0.352 e. The molecule has 33 heavy (non-hydrogen) atoms. The van der Waals surface area contributed by atoms with E-state index in [1.54, 1.807) is 36.4 Å². The van der Waals surface area contributed by atoms with E-state index in [1.165, 1.54) is 23.5 Å². The molecule has 0 saturated heterocycles. The van der Waals surface area contributed by atoms with Crippen molar-refractivity contribution in [1.82, 2.24) is 20.2 Å². The summed E-state index contributed by atoms with van der Waals surface area (Å²) in [5.41, 5.74) is 0.389. The summed E-state index contributed by atoms with van der Waals surface area (Å²) in [6.45, 7) is 0.258. The molecule has 9 nitrogen and oxygen atoms in total. The fourth-order valence-electron chi connectivity index (χ4n) is 2.61. The molecule has 0 atom stereocenters. The molecule has 1 heterocycles. The predicted octanol–water partition coefficient (Wildman–Crippen LogP) is 3.23. The van der Waals surface area contributed by atoms with Gasteiger partial charge in [-0.1, -0.05) is 51.0 Å². The summed E-state index contributed by atoms with van der Waals surface area (Å²) in [5, 5.41) is 14.5. The van der Waals surface area contributed by atoms with Gasteiger partial charge in [0.2, 0.25) is 21.1 Å². The van der Waals surface area contributed by atoms with Crippen LogP contribution in [0.2, 0.25) is 5.02 Å². The Hall–Kier alpha value is -2.38. The molecule has 3 rings (SSSR count). The topological polar surface area (TPSA) is 130 Å². The predicted molar refractivity (Wildman–Crippen MR) is 130 cm³/mol. The van der Waals surface area contributed by atoms with Crippen molar-refractivity contribution < 1.29 is 18.0 Å². The van der Waals surface area contributed by atoms with E-state index in [0.717, 1.165) is 4.47 Å². The first-order chi connectivity index (χ1) is 15.7. The molecular formula is C20H19BrClN5O4S2. The van der Waals surface area contributed by atoms with E-state index in [0.29, 0.717) is 33.7 Å². The van der Waals surface area contributed by atoms with Gasteiger partial charge in [-0.3, -0.25) is 9.59 Å². The molecule has 3 N–H and O–H groups in total. The average molecular weight is 573 g/mol. The van der Waals surface area contributed by atoms with Crippen LogP contribution in [0.25, 0.3) is 0 Å². The van der Waals surface area contributed by atoms with Gasteiger partial charge in [0.05, 0.1) is 15.5 Å². The van der Waals surface area contributed by atoms with Gasteiger partial charge in [0, 0.05) is 30.4 Å². The van der Waals surface area contributed by atoms with Gasteiger partial charge in [0.15, 0.2) is 0 Å². The zero-order chi connectivity index (χ0) is 23.8. The third kappa shape index (κ3) is 7.57. The highest BCUT2D eigenvalue weighted by Gasteiger charge is 2.15. The molecule has 1 aromatic heterocycles. The molecule has 0 radical (unpaired) electrons. The van der Waals surface area contributed by atoms with Crippen LogP contribution >= 0.6 is 38.9 Å². The second-order valence-corrected chi connectivity index (χ2v) is 10.8. The first-order valence-electron chi connectivity index (χ1n) is 9.65. The number of carbonyl (C=O) groups excluding carboxylic acids is 2. The smallest absolute Gasteiger partial charge is 0.252 e. The first-order valence-corrected chi connectivity index (χ1v) is 13.1. The van der Waals surface area contributed by atoms with Crippen LogP contribution in [0.1, 0.15) is 21.8 Å². The lowest BCUT2D eigenvalue weighted by Gasteiger charge is -2.06. The molecule has 2 amide bonds. The van der Waals surface area contributed by atoms with Crippen molar-refractivity contribution in [3.8, 4) is 0 Å². The summed E-state index contributed by atoms with van der Waals surface area (Å²) in [7, 11) is -3.70. The van der Waals surface area contributed by atoms with E-state index in [2.05, 4.69) is 41.5 Å². The van der Waals surface area contributed by atoms with Crippen molar-refractivity contribution in [3.05, 3.63) is 68.6 Å². The Morgan fingerprint density at radius 1 is 1.03 bits per heavy atom. The molecular weight excluding hydrogens is 554 g/mol. The van der Waals surface area contributed by atoms with Crippen molar-refractivity contribution in [2.45, 2.75) is 17.7 Å². The van der Waals surface area contributed by atoms with Crippen LogP contribution in [0.5, 0.6) is 0 Å². The number of anilines is 1. The fourth-order valence-corrected chi connectivity index (χ4v) is 4.88. The Labute approximate surface area is 208 Å². The highest BCUT2D eigenvalue weighted by atomic mass is 79.9. The highest BCUT2D eigenvalue weighted by molar-refractivity contribution is 9.10. The molecule has 174 valence electrons. The monoisotopic (exact) mass is 571 g/mol. The fraction of sp³-hybridized carbons (Fsp3) is 0.200. The molecule has 0 fully saturated rings. The molecule has 3 aromatic rings. The Balaban J connectivity index is 1.40. The molecule has 2 aromatic carbocycles. The molecule has 0 saturated carbocycles. The SMILES string of the molecule is O=C(CCNS(=O)(=O)c1ccc(Br)cc1)Nc1nnc(CCNC(=O)c2ccccc2Cl)s1. The third-order valence-electron chi connectivity index (χ3n) is 4.22. The van der Waals surface area contributed by atoms with Crippen LogP contribution in [-0.2, 0) is 21.2 Å². The zero-order valence-electron chi connectivity index (χ0n) is 17.0. The number of halogens is 2. The van der Waals surface area contributed by atoms with Gasteiger partial charge in [-0.2, -0.15) is 0 Å². The summed E-state index contributed by atoms with van der Waals surface area (Å²) in [5.74, 6) is -0.688. The lowest BCUT2D eigenvalue weighted by atomic mass is 10.2. The minimum Gasteiger partial charge on any atom is -0.352 e. The van der Waals surface area contributed by atoms with E-state index >= 15 is 0 Å². The third-order valence-corrected chi connectivity index (χ3v) is 7.46. The van der Waals surface area contributed by atoms with Crippen LogP contribution in [0.4, 0.5) is 5.13 Å². The minimum absolute atomic E-state index is 0.0655. The molecule has 0 aliphatic rings. The second-order valence-electron chi connectivity index (χ2n) is 6.64. The average Bonchev–Trinajstić information content (AvgIpc) is 3.21. The minimum atomic E-state index is -3.70. The van der Waals surface area contributed by atoms with Crippen LogP contribution in [-0.4, -0.2) is 43.5 Å². The number of aromatic nitrogens is 2. The summed E-state index contributed by atoms with van der Waals surface area (Å²) in [6.07, 6.45) is 0.356. The normalized spacial score (nSPS) is 11.2. The van der Waals surface area contributed by atoms with Crippen LogP contribution in [0, 0.1) is 0 Å². The Kier molecular flexibility index (Phi) is 8.92. The second kappa shape index (κ2) is 11.7. The maximum atomic E-state index is 12.2. The summed E-state index contributed by atoms with van der Waals surface area (Å²) in [6, 6.07) is 12.9. The van der Waals surface area contributed by atoms with Gasteiger partial charge in [-0.05, 0) is 36.4 Å². The van der Waals surface area contributed by atoms with Gasteiger partial charge >= 0.3 is 0 Å². The van der Waals surface area contributed by atoms with Gasteiger partial charge in [-0.25, -0.2) is 13.1 Å². The van der Waals surface area contributed by atoms with E-state index in [-0.39, 0.29) is 23.8 Å². The number of amides is 2. The first kappa shape index (κ1) is 25.2. The van der Waals surface area contributed by atoms with Gasteiger partial charge in [-0.15, -0.1) is 10.2 Å². The van der Waals surface area contributed by atoms with Crippen molar-refractivity contribution in [1.29, 1.82) is 0 Å². The summed E-state index contributed by atoms with van der Waals surface area (Å²) >= 11 is 10.4. The number of benzene rings is 2. The standard InChI is InChI=1S/C20H19BrClN5O4S2/c21-13-5-7-14(8-6-13)33(30,31)24-12-9-17(28)25-20-27-26-18(32-20)10-11-23-19(29)15-3-1-2-4-16(15)22/h1-8,24H,9-12H2,(H,23,29)(H,25,27,28). The lowest BCUT2D eigenvalue weighted by Crippen LogP contribution is -2.27. The lowest BCUT2D eigenvalue weighted by molar-refractivity contribution is -0.116. The Bertz CT molecular complexity index is 1240. The van der Waals surface area contributed by atoms with Crippen molar-refractivity contribution >= 4 is 65.8 Å². The van der Waals surface area contributed by atoms with Crippen molar-refractivity contribution in [3.63, 3.8) is 0 Å². The highest BCUT2D eigenvalue weighted by Crippen LogP contribution is 2.17. The van der Waals surface area contributed by atoms with Crippen LogP contribution < -0.4 is 15.4 Å². The molecule has 0 unspecified atom stereocenters. The number of hydrogen-bond donors (Lipinski definition) is 3. The van der Waals surface area contributed by atoms with E-state index < -0.39 is 15.9 Å². The van der Waals surface area contributed by atoms with Crippen LogP contribution in [0.15, 0.2) is 57.9 Å². The number of hydrogen-bond acceptors (Lipinski definition) is 7. The van der Waals surface area contributed by atoms with E-state index in [1.807, 2.05) is 0 Å². The van der Waals surface area contributed by atoms with Gasteiger partial charge in [0.25, 0.3) is 5.91 Å². The molecule has 0 aliphatic carbocycles. The van der Waals surface area contributed by atoms with E-state index in [9.17, 15) is 18.0 Å². The Morgan fingerprint density at radius 2 is 1.76 bits per heavy atom. The van der Waals surface area contributed by atoms with Crippen molar-refractivity contribution in [2.75, 3.05) is 18.4 Å². The number of rotatable bonds is 10. The number of nitrogens with zero attached hydrogens (tertiary/aromatic N) is 2. The van der Waals surface area contributed by atoms with Gasteiger partial charge in [0.1, 0.15) is 5.01 Å². The summed E-state index contributed by atoms with van der Waals surface area (Å²) < 4.78 is 27.6. The molecule has 13 heteroatoms. The maximum Gasteiger partial charge on any atom is 0.252 e.